The number of benzene rings is 2. The number of esters is 3. The largest absolute Gasteiger partial charge is 0.463 e. The van der Waals surface area contributed by atoms with Gasteiger partial charge in [0.25, 0.3) is 0 Å². The normalized spacial score (nSPS) is 22.2. The van der Waals surface area contributed by atoms with Crippen LogP contribution >= 0.6 is 0 Å². The zero-order valence-electron chi connectivity index (χ0n) is 21.9. The van der Waals surface area contributed by atoms with E-state index < -0.39 is 61.4 Å². The maximum Gasteiger partial charge on any atom is 0.414 e. The van der Waals surface area contributed by atoms with Crippen LogP contribution < -0.4 is 9.64 Å². The van der Waals surface area contributed by atoms with Crippen LogP contribution in [0, 0.1) is 0 Å². The van der Waals surface area contributed by atoms with Gasteiger partial charge in [0.1, 0.15) is 25.1 Å². The number of alkyl halides is 1. The fraction of sp³-hybridized carbons (Fsp3) is 0.407. The van der Waals surface area contributed by atoms with Gasteiger partial charge in [-0.15, -0.1) is 0 Å². The lowest BCUT2D eigenvalue weighted by molar-refractivity contribution is -0.271. The number of amides is 1. The fourth-order valence-corrected chi connectivity index (χ4v) is 3.76. The lowest BCUT2D eigenvalue weighted by atomic mass is 9.99. The Bertz CT molecular complexity index is 1140. The van der Waals surface area contributed by atoms with Gasteiger partial charge in [0.15, 0.2) is 12.2 Å². The van der Waals surface area contributed by atoms with E-state index in [0.29, 0.717) is 5.69 Å². The van der Waals surface area contributed by atoms with Gasteiger partial charge in [-0.1, -0.05) is 30.3 Å². The molecule has 0 bridgehead atoms. The molecule has 0 aliphatic carbocycles. The molecule has 2 aromatic carbocycles. The SMILES string of the molecule is CC(=O)OC[C@H]1O[C@@H](Oc2ccc(N(C)C(=O)OCc3ccccc3)cc2)[C@H](F)[C@@H](OC(C)=O)[C@@H]1OC(C)=O. The first-order valence-electron chi connectivity index (χ1n) is 12.0. The molecule has 0 saturated carbocycles. The molecule has 0 aromatic heterocycles. The minimum atomic E-state index is -2.07. The van der Waals surface area contributed by atoms with Crippen LogP contribution in [0.25, 0.3) is 0 Å². The summed E-state index contributed by atoms with van der Waals surface area (Å²) >= 11 is 0. The summed E-state index contributed by atoms with van der Waals surface area (Å²) in [6.45, 7) is 3.03. The van der Waals surface area contributed by atoms with E-state index in [2.05, 4.69) is 0 Å². The van der Waals surface area contributed by atoms with Gasteiger partial charge < -0.3 is 28.4 Å². The Balaban J connectivity index is 1.70. The second kappa shape index (κ2) is 13.6. The third kappa shape index (κ3) is 8.40. The number of nitrogens with zero attached hydrogens (tertiary/aromatic N) is 1. The Morgan fingerprint density at radius 3 is 2.05 bits per heavy atom. The van der Waals surface area contributed by atoms with Crippen LogP contribution in [0.1, 0.15) is 26.3 Å². The molecule has 1 aliphatic heterocycles. The van der Waals surface area contributed by atoms with Gasteiger partial charge >= 0.3 is 24.0 Å². The van der Waals surface area contributed by atoms with Gasteiger partial charge in [0.05, 0.1) is 0 Å². The van der Waals surface area contributed by atoms with Crippen molar-refractivity contribution in [2.75, 3.05) is 18.6 Å². The highest BCUT2D eigenvalue weighted by Crippen LogP contribution is 2.31. The summed E-state index contributed by atoms with van der Waals surface area (Å²) in [7, 11) is 1.53. The number of halogens is 1. The average Bonchev–Trinajstić information content (AvgIpc) is 2.90. The van der Waals surface area contributed by atoms with Gasteiger partial charge in [-0.05, 0) is 29.8 Å². The lowest BCUT2D eigenvalue weighted by Crippen LogP contribution is -2.61. The van der Waals surface area contributed by atoms with Crippen molar-refractivity contribution in [2.24, 2.45) is 0 Å². The van der Waals surface area contributed by atoms with Crippen LogP contribution in [0.2, 0.25) is 0 Å². The molecule has 12 heteroatoms. The zero-order valence-corrected chi connectivity index (χ0v) is 21.9. The third-order valence-electron chi connectivity index (χ3n) is 5.58. The summed E-state index contributed by atoms with van der Waals surface area (Å²) in [4.78, 5) is 48.4. The molecule has 210 valence electrons. The molecule has 39 heavy (non-hydrogen) atoms. The topological polar surface area (TPSA) is 127 Å². The summed E-state index contributed by atoms with van der Waals surface area (Å²) < 4.78 is 47.3. The maximum atomic E-state index is 15.5. The van der Waals surface area contributed by atoms with E-state index >= 15 is 4.39 Å². The average molecular weight is 548 g/mol. The standard InChI is InChI=1S/C27H30FNO10/c1-16(30)34-15-22-24(36-17(2)31)25(37-18(3)32)23(28)26(39-22)38-21-12-10-20(11-13-21)29(4)27(33)35-14-19-8-6-5-7-9-19/h5-13,22-26H,14-15H2,1-4H3/t22-,23-,24-,25-,26-/m1/s1. The molecule has 2 aromatic rings. The first kappa shape index (κ1) is 29.4. The molecule has 1 heterocycles. The Hall–Kier alpha value is -4.19. The lowest BCUT2D eigenvalue weighted by Gasteiger charge is -2.41. The molecule has 1 aliphatic rings. The monoisotopic (exact) mass is 547 g/mol. The molecule has 1 amide bonds. The van der Waals surface area contributed by atoms with Crippen molar-refractivity contribution in [2.45, 2.75) is 58.2 Å². The third-order valence-corrected chi connectivity index (χ3v) is 5.58. The summed E-state index contributed by atoms with van der Waals surface area (Å²) in [5.74, 6) is -2.08. The highest BCUT2D eigenvalue weighted by atomic mass is 19.1. The smallest absolute Gasteiger partial charge is 0.414 e. The van der Waals surface area contributed by atoms with E-state index in [1.807, 2.05) is 30.3 Å². The molecule has 0 N–H and O–H groups in total. The van der Waals surface area contributed by atoms with Crippen molar-refractivity contribution < 1.29 is 52.0 Å². The molecular formula is C27H30FNO10. The molecule has 0 spiro atoms. The van der Waals surface area contributed by atoms with Crippen molar-refractivity contribution in [3.8, 4) is 5.75 Å². The first-order chi connectivity index (χ1) is 18.5. The summed E-state index contributed by atoms with van der Waals surface area (Å²) in [6, 6.07) is 15.3. The highest BCUT2D eigenvalue weighted by Gasteiger charge is 2.52. The molecule has 0 radical (unpaired) electrons. The van der Waals surface area contributed by atoms with E-state index in [4.69, 9.17) is 28.4 Å². The van der Waals surface area contributed by atoms with E-state index in [9.17, 15) is 19.2 Å². The van der Waals surface area contributed by atoms with Gasteiger partial charge in [0.2, 0.25) is 12.5 Å². The van der Waals surface area contributed by atoms with Crippen molar-refractivity contribution >= 4 is 29.7 Å². The van der Waals surface area contributed by atoms with Crippen LogP contribution in [-0.4, -0.2) is 68.4 Å². The summed E-state index contributed by atoms with van der Waals surface area (Å²) in [6.07, 6.45) is -8.43. The predicted octanol–water partition coefficient (Wildman–Crippen LogP) is 3.33. The molecule has 11 nitrogen and oxygen atoms in total. The Labute approximate surface area is 224 Å². The van der Waals surface area contributed by atoms with Crippen molar-refractivity contribution in [1.82, 2.24) is 0 Å². The Kier molecular flexibility index (Phi) is 10.2. The predicted molar refractivity (Wildman–Crippen MR) is 133 cm³/mol. The second-order valence-corrected chi connectivity index (χ2v) is 8.65. The molecule has 1 saturated heterocycles. The number of rotatable bonds is 9. The van der Waals surface area contributed by atoms with Crippen molar-refractivity contribution in [1.29, 1.82) is 0 Å². The Morgan fingerprint density at radius 1 is 0.846 bits per heavy atom. The fourth-order valence-electron chi connectivity index (χ4n) is 3.76. The second-order valence-electron chi connectivity index (χ2n) is 8.65. The quantitative estimate of drug-likeness (QED) is 0.341. The molecule has 3 rings (SSSR count). The number of ether oxygens (including phenoxy) is 6. The maximum absolute atomic E-state index is 15.5. The zero-order chi connectivity index (χ0) is 28.5. The van der Waals surface area contributed by atoms with E-state index in [-0.39, 0.29) is 12.4 Å². The summed E-state index contributed by atoms with van der Waals surface area (Å²) in [5.41, 5.74) is 1.31. The van der Waals surface area contributed by atoms with E-state index in [0.717, 1.165) is 26.3 Å². The number of carbonyl (C=O) groups is 4. The molecule has 5 atom stereocenters. The number of hydrogen-bond acceptors (Lipinski definition) is 10. The van der Waals surface area contributed by atoms with Crippen LogP contribution in [-0.2, 0) is 44.7 Å². The summed E-state index contributed by atoms with van der Waals surface area (Å²) in [5, 5.41) is 0. The van der Waals surface area contributed by atoms with Crippen LogP contribution in [0.3, 0.4) is 0 Å². The van der Waals surface area contributed by atoms with E-state index in [1.165, 1.54) is 24.1 Å². The van der Waals surface area contributed by atoms with E-state index in [1.54, 1.807) is 12.1 Å². The molecular weight excluding hydrogens is 517 g/mol. The van der Waals surface area contributed by atoms with Crippen LogP contribution in [0.15, 0.2) is 54.6 Å². The minimum Gasteiger partial charge on any atom is -0.463 e. The van der Waals surface area contributed by atoms with Crippen molar-refractivity contribution in [3.05, 3.63) is 60.2 Å². The van der Waals surface area contributed by atoms with Crippen LogP contribution in [0.4, 0.5) is 14.9 Å². The van der Waals surface area contributed by atoms with Gasteiger partial charge in [-0.25, -0.2) is 9.18 Å². The van der Waals surface area contributed by atoms with Gasteiger partial charge in [0, 0.05) is 33.5 Å². The molecule has 1 fully saturated rings. The van der Waals surface area contributed by atoms with Gasteiger partial charge in [-0.3, -0.25) is 19.3 Å². The number of anilines is 1. The molecule has 0 unspecified atom stereocenters. The Morgan fingerprint density at radius 2 is 1.46 bits per heavy atom. The number of carbonyl (C=O) groups excluding carboxylic acids is 4. The van der Waals surface area contributed by atoms with Crippen molar-refractivity contribution in [3.63, 3.8) is 0 Å². The van der Waals surface area contributed by atoms with Gasteiger partial charge in [-0.2, -0.15) is 0 Å². The number of hydrogen-bond donors (Lipinski definition) is 0. The van der Waals surface area contributed by atoms with Crippen LogP contribution in [0.5, 0.6) is 5.75 Å². The minimum absolute atomic E-state index is 0.106. The highest BCUT2D eigenvalue weighted by molar-refractivity contribution is 5.87. The first-order valence-corrected chi connectivity index (χ1v) is 12.0.